The second kappa shape index (κ2) is 10.2. The van der Waals surface area contributed by atoms with E-state index in [1.54, 1.807) is 6.07 Å². The van der Waals surface area contributed by atoms with Crippen LogP contribution in [0.2, 0.25) is 0 Å². The number of rotatable bonds is 8. The van der Waals surface area contributed by atoms with Crippen LogP contribution in [-0.2, 0) is 0 Å². The number of carbonyl (C=O) groups is 1. The Morgan fingerprint density at radius 1 is 1.14 bits per heavy atom. The average molecular weight is 396 g/mol. The van der Waals surface area contributed by atoms with Gasteiger partial charge in [-0.2, -0.15) is 0 Å². The van der Waals surface area contributed by atoms with E-state index in [4.69, 9.17) is 0 Å². The van der Waals surface area contributed by atoms with Crippen LogP contribution in [0.4, 0.5) is 17.3 Å². The van der Waals surface area contributed by atoms with E-state index in [0.717, 1.165) is 43.4 Å². The molecule has 1 saturated heterocycles. The zero-order valence-corrected chi connectivity index (χ0v) is 17.9. The summed E-state index contributed by atoms with van der Waals surface area (Å²) in [6.07, 6.45) is 5.87. The third-order valence-corrected chi connectivity index (χ3v) is 5.42. The molecule has 1 aliphatic rings. The van der Waals surface area contributed by atoms with Crippen molar-refractivity contribution in [1.82, 2.24) is 9.97 Å². The molecule has 0 unspecified atom stereocenters. The Morgan fingerprint density at radius 3 is 2.55 bits per heavy atom. The van der Waals surface area contributed by atoms with Crippen molar-refractivity contribution in [3.05, 3.63) is 41.7 Å². The standard InChI is InChI=1S/C23H33N5O/c1-4-5-6-13-24-23-25-18(3)16-21(27-23)22(29)26-19-7-9-20(10-8-19)28-14-11-17(2)12-15-28/h7-10,16-17H,4-6,11-15H2,1-3H3,(H,26,29)(H,24,25,27). The molecule has 3 rings (SSSR count). The largest absolute Gasteiger partial charge is 0.372 e. The molecule has 0 atom stereocenters. The van der Waals surface area contributed by atoms with E-state index in [9.17, 15) is 4.79 Å². The highest BCUT2D eigenvalue weighted by Gasteiger charge is 2.16. The number of hydrogen-bond donors (Lipinski definition) is 2. The van der Waals surface area contributed by atoms with E-state index in [-0.39, 0.29) is 5.91 Å². The van der Waals surface area contributed by atoms with E-state index in [0.29, 0.717) is 11.6 Å². The van der Waals surface area contributed by atoms with Gasteiger partial charge in [0, 0.05) is 36.7 Å². The van der Waals surface area contributed by atoms with E-state index in [2.05, 4.69) is 51.5 Å². The van der Waals surface area contributed by atoms with Gasteiger partial charge in [0.2, 0.25) is 5.95 Å². The molecular formula is C23H33N5O. The first-order valence-corrected chi connectivity index (χ1v) is 10.8. The van der Waals surface area contributed by atoms with Crippen molar-refractivity contribution in [3.63, 3.8) is 0 Å². The summed E-state index contributed by atoms with van der Waals surface area (Å²) in [6.45, 7) is 9.38. The molecule has 1 aromatic carbocycles. The molecule has 2 N–H and O–H groups in total. The van der Waals surface area contributed by atoms with Gasteiger partial charge in [-0.1, -0.05) is 26.7 Å². The maximum absolute atomic E-state index is 12.7. The molecule has 6 nitrogen and oxygen atoms in total. The van der Waals surface area contributed by atoms with Crippen LogP contribution in [0.3, 0.4) is 0 Å². The predicted octanol–water partition coefficient (Wildman–Crippen LogP) is 4.88. The van der Waals surface area contributed by atoms with E-state index < -0.39 is 0 Å². The van der Waals surface area contributed by atoms with Gasteiger partial charge < -0.3 is 15.5 Å². The summed E-state index contributed by atoms with van der Waals surface area (Å²) in [6, 6.07) is 9.80. The van der Waals surface area contributed by atoms with Crippen molar-refractivity contribution in [2.75, 3.05) is 35.2 Å². The van der Waals surface area contributed by atoms with Crippen LogP contribution in [0.25, 0.3) is 0 Å². The maximum atomic E-state index is 12.7. The summed E-state index contributed by atoms with van der Waals surface area (Å²) >= 11 is 0. The van der Waals surface area contributed by atoms with Gasteiger partial charge in [0.25, 0.3) is 5.91 Å². The Balaban J connectivity index is 1.60. The molecule has 2 heterocycles. The Bertz CT molecular complexity index is 797. The number of aryl methyl sites for hydroxylation is 1. The summed E-state index contributed by atoms with van der Waals surface area (Å²) in [4.78, 5) is 23.9. The number of nitrogens with zero attached hydrogens (tertiary/aromatic N) is 3. The maximum Gasteiger partial charge on any atom is 0.274 e. The Morgan fingerprint density at radius 2 is 1.86 bits per heavy atom. The van der Waals surface area contributed by atoms with E-state index >= 15 is 0 Å². The summed E-state index contributed by atoms with van der Waals surface area (Å²) < 4.78 is 0. The van der Waals surface area contributed by atoms with Gasteiger partial charge in [-0.15, -0.1) is 0 Å². The van der Waals surface area contributed by atoms with Crippen molar-refractivity contribution in [3.8, 4) is 0 Å². The highest BCUT2D eigenvalue weighted by molar-refractivity contribution is 6.03. The number of anilines is 3. The minimum atomic E-state index is -0.216. The monoisotopic (exact) mass is 395 g/mol. The summed E-state index contributed by atoms with van der Waals surface area (Å²) in [5.74, 6) is 1.11. The van der Waals surface area contributed by atoms with Gasteiger partial charge >= 0.3 is 0 Å². The molecule has 1 aliphatic heterocycles. The molecule has 0 radical (unpaired) electrons. The SMILES string of the molecule is CCCCCNc1nc(C)cc(C(=O)Nc2ccc(N3CCC(C)CC3)cc2)n1. The molecule has 0 saturated carbocycles. The lowest BCUT2D eigenvalue weighted by Crippen LogP contribution is -2.32. The fraction of sp³-hybridized carbons (Fsp3) is 0.522. The zero-order valence-electron chi connectivity index (χ0n) is 17.9. The third-order valence-electron chi connectivity index (χ3n) is 5.42. The molecule has 1 fully saturated rings. The van der Waals surface area contributed by atoms with Crippen LogP contribution in [0.5, 0.6) is 0 Å². The first-order valence-electron chi connectivity index (χ1n) is 10.8. The first kappa shape index (κ1) is 21.1. The van der Waals surface area contributed by atoms with Crippen LogP contribution in [0.15, 0.2) is 30.3 Å². The van der Waals surface area contributed by atoms with Gasteiger partial charge in [-0.05, 0) is 62.4 Å². The summed E-state index contributed by atoms with van der Waals surface area (Å²) in [7, 11) is 0. The molecule has 156 valence electrons. The second-order valence-corrected chi connectivity index (χ2v) is 8.02. The van der Waals surface area contributed by atoms with Crippen LogP contribution in [-0.4, -0.2) is 35.5 Å². The predicted molar refractivity (Wildman–Crippen MR) is 120 cm³/mol. The highest BCUT2D eigenvalue weighted by Crippen LogP contribution is 2.24. The lowest BCUT2D eigenvalue weighted by atomic mass is 9.99. The van der Waals surface area contributed by atoms with Gasteiger partial charge in [0.15, 0.2) is 0 Å². The number of hydrogen-bond acceptors (Lipinski definition) is 5. The normalized spacial score (nSPS) is 14.7. The number of aromatic nitrogens is 2. The molecule has 0 aliphatic carbocycles. The number of carbonyl (C=O) groups excluding carboxylic acids is 1. The van der Waals surface area contributed by atoms with Gasteiger partial charge in [-0.25, -0.2) is 9.97 Å². The lowest BCUT2D eigenvalue weighted by Gasteiger charge is -2.32. The van der Waals surface area contributed by atoms with Crippen LogP contribution < -0.4 is 15.5 Å². The molecule has 0 spiro atoms. The Hall–Kier alpha value is -2.63. The number of amides is 1. The van der Waals surface area contributed by atoms with Gasteiger partial charge in [0.05, 0.1) is 0 Å². The molecule has 29 heavy (non-hydrogen) atoms. The van der Waals surface area contributed by atoms with Crippen LogP contribution >= 0.6 is 0 Å². The summed E-state index contributed by atoms with van der Waals surface area (Å²) in [5.41, 5.74) is 3.14. The fourth-order valence-corrected chi connectivity index (χ4v) is 3.56. The molecule has 2 aromatic rings. The number of piperidine rings is 1. The molecule has 1 aromatic heterocycles. The average Bonchev–Trinajstić information content (AvgIpc) is 2.72. The highest BCUT2D eigenvalue weighted by atomic mass is 16.1. The number of unbranched alkanes of at least 4 members (excludes halogenated alkanes) is 2. The second-order valence-electron chi connectivity index (χ2n) is 8.02. The number of nitrogens with one attached hydrogen (secondary N) is 2. The quantitative estimate of drug-likeness (QED) is 0.624. The number of benzene rings is 1. The molecular weight excluding hydrogens is 362 g/mol. The lowest BCUT2D eigenvalue weighted by molar-refractivity contribution is 0.102. The van der Waals surface area contributed by atoms with Crippen molar-refractivity contribution in [2.45, 2.75) is 52.9 Å². The zero-order chi connectivity index (χ0) is 20.6. The Labute approximate surface area is 174 Å². The topological polar surface area (TPSA) is 70.2 Å². The Kier molecular flexibility index (Phi) is 7.44. The molecule has 6 heteroatoms. The minimum absolute atomic E-state index is 0.216. The van der Waals surface area contributed by atoms with Gasteiger partial charge in [-0.3, -0.25) is 4.79 Å². The molecule has 1 amide bonds. The van der Waals surface area contributed by atoms with Crippen molar-refractivity contribution < 1.29 is 4.79 Å². The first-order chi connectivity index (χ1) is 14.0. The van der Waals surface area contributed by atoms with Crippen molar-refractivity contribution in [2.24, 2.45) is 5.92 Å². The minimum Gasteiger partial charge on any atom is -0.372 e. The smallest absolute Gasteiger partial charge is 0.274 e. The van der Waals surface area contributed by atoms with E-state index in [1.807, 2.05) is 19.1 Å². The van der Waals surface area contributed by atoms with Crippen LogP contribution in [0.1, 0.15) is 62.1 Å². The van der Waals surface area contributed by atoms with Gasteiger partial charge in [0.1, 0.15) is 5.69 Å². The summed E-state index contributed by atoms with van der Waals surface area (Å²) in [5, 5.41) is 6.17. The van der Waals surface area contributed by atoms with Crippen molar-refractivity contribution in [1.29, 1.82) is 0 Å². The van der Waals surface area contributed by atoms with Crippen molar-refractivity contribution >= 4 is 23.2 Å². The fourth-order valence-electron chi connectivity index (χ4n) is 3.56. The molecule has 0 bridgehead atoms. The third kappa shape index (κ3) is 6.17. The van der Waals surface area contributed by atoms with E-state index in [1.165, 1.54) is 31.4 Å². The van der Waals surface area contributed by atoms with Crippen LogP contribution in [0, 0.1) is 12.8 Å².